The Balaban J connectivity index is 2.72. The Hall–Kier alpha value is 0.140. The molecule has 0 fully saturated rings. The van der Waals surface area contributed by atoms with Crippen molar-refractivity contribution in [2.24, 2.45) is 0 Å². The van der Waals surface area contributed by atoms with Crippen LogP contribution in [0, 0.1) is 0 Å². The molecule has 0 aliphatic carbocycles. The number of hydrogen-bond acceptors (Lipinski definition) is 2. The third-order valence-corrected chi connectivity index (χ3v) is 3.70. The van der Waals surface area contributed by atoms with Gasteiger partial charge in [-0.25, -0.2) is 0 Å². The average Bonchev–Trinajstić information content (AvgIpc) is 2.47. The third-order valence-electron chi connectivity index (χ3n) is 1.94. The van der Waals surface area contributed by atoms with Crippen molar-refractivity contribution in [2.75, 3.05) is 7.05 Å². The van der Waals surface area contributed by atoms with E-state index in [2.05, 4.69) is 38.9 Å². The van der Waals surface area contributed by atoms with Crippen molar-refractivity contribution < 1.29 is 0 Å². The molecular weight excluding hydrogens is 234 g/mol. The van der Waals surface area contributed by atoms with E-state index in [9.17, 15) is 0 Å². The molecule has 1 heterocycles. The molecule has 1 atom stereocenters. The maximum Gasteiger partial charge on any atom is 0.0336 e. The highest BCUT2D eigenvalue weighted by Crippen LogP contribution is 2.29. The largest absolute Gasteiger partial charge is 0.313 e. The lowest BCUT2D eigenvalue weighted by Crippen LogP contribution is -2.15. The minimum atomic E-state index is 0.510. The van der Waals surface area contributed by atoms with Crippen LogP contribution < -0.4 is 5.32 Å². The molecule has 1 aromatic heterocycles. The normalized spacial score (nSPS) is 13.2. The maximum absolute atomic E-state index is 3.55. The van der Waals surface area contributed by atoms with Crippen LogP contribution in [-0.2, 0) is 0 Å². The number of thiophene rings is 1. The zero-order valence-corrected chi connectivity index (χ0v) is 9.83. The first-order valence-corrected chi connectivity index (χ1v) is 5.92. The van der Waals surface area contributed by atoms with Crippen molar-refractivity contribution in [1.29, 1.82) is 0 Å². The zero-order chi connectivity index (χ0) is 8.97. The van der Waals surface area contributed by atoms with Gasteiger partial charge in [0.2, 0.25) is 0 Å². The summed E-state index contributed by atoms with van der Waals surface area (Å²) < 4.78 is 1.24. The molecule has 1 N–H and O–H groups in total. The van der Waals surface area contributed by atoms with Gasteiger partial charge in [0.05, 0.1) is 0 Å². The second-order valence-electron chi connectivity index (χ2n) is 2.81. The molecule has 68 valence electrons. The van der Waals surface area contributed by atoms with Crippen molar-refractivity contribution in [3.63, 3.8) is 0 Å². The lowest BCUT2D eigenvalue weighted by molar-refractivity contribution is 0.541. The first-order valence-electron chi connectivity index (χ1n) is 4.18. The standard InChI is InChI=1S/C9H14BrNS/c1-3-4-9(11-2)7-5-12-6-8(7)10/h5-6,9,11H,3-4H2,1-2H3. The van der Waals surface area contributed by atoms with E-state index in [1.54, 1.807) is 11.3 Å². The number of hydrogen-bond donors (Lipinski definition) is 1. The first kappa shape index (κ1) is 10.2. The highest BCUT2D eigenvalue weighted by atomic mass is 79.9. The van der Waals surface area contributed by atoms with Crippen LogP contribution in [-0.4, -0.2) is 7.05 Å². The molecule has 0 aromatic carbocycles. The Bertz CT molecular complexity index is 234. The molecule has 0 amide bonds. The number of nitrogens with one attached hydrogen (secondary N) is 1. The summed E-state index contributed by atoms with van der Waals surface area (Å²) in [6, 6.07) is 0.510. The summed E-state index contributed by atoms with van der Waals surface area (Å²) in [7, 11) is 2.02. The van der Waals surface area contributed by atoms with Gasteiger partial charge in [-0.2, -0.15) is 11.3 Å². The molecule has 0 bridgehead atoms. The van der Waals surface area contributed by atoms with E-state index in [4.69, 9.17) is 0 Å². The molecule has 0 radical (unpaired) electrons. The van der Waals surface area contributed by atoms with Gasteiger partial charge in [0, 0.05) is 15.9 Å². The Morgan fingerprint density at radius 1 is 1.58 bits per heavy atom. The number of rotatable bonds is 4. The summed E-state index contributed by atoms with van der Waals surface area (Å²) in [4.78, 5) is 0. The van der Waals surface area contributed by atoms with E-state index in [0.29, 0.717) is 6.04 Å². The lowest BCUT2D eigenvalue weighted by atomic mass is 10.1. The molecule has 0 spiro atoms. The van der Waals surface area contributed by atoms with Crippen molar-refractivity contribution in [3.8, 4) is 0 Å². The first-order chi connectivity index (χ1) is 5.79. The minimum absolute atomic E-state index is 0.510. The molecule has 3 heteroatoms. The quantitative estimate of drug-likeness (QED) is 0.858. The SMILES string of the molecule is CCCC(NC)c1cscc1Br. The fourth-order valence-electron chi connectivity index (χ4n) is 1.28. The molecule has 0 aliphatic rings. The van der Waals surface area contributed by atoms with E-state index < -0.39 is 0 Å². The van der Waals surface area contributed by atoms with Crippen LogP contribution in [0.4, 0.5) is 0 Å². The van der Waals surface area contributed by atoms with Gasteiger partial charge < -0.3 is 5.32 Å². The summed E-state index contributed by atoms with van der Waals surface area (Å²) >= 11 is 5.30. The predicted molar refractivity (Wildman–Crippen MR) is 58.7 cm³/mol. The Kier molecular flexibility index (Phi) is 4.26. The fourth-order valence-corrected chi connectivity index (χ4v) is 2.91. The molecule has 0 saturated heterocycles. The van der Waals surface area contributed by atoms with Crippen LogP contribution in [0.5, 0.6) is 0 Å². The van der Waals surface area contributed by atoms with Gasteiger partial charge in [0.15, 0.2) is 0 Å². The summed E-state index contributed by atoms with van der Waals surface area (Å²) in [5.74, 6) is 0. The summed E-state index contributed by atoms with van der Waals surface area (Å²) in [6.07, 6.45) is 2.42. The molecule has 1 unspecified atom stereocenters. The molecule has 1 aromatic rings. The molecule has 0 saturated carbocycles. The Morgan fingerprint density at radius 2 is 2.33 bits per heavy atom. The summed E-state index contributed by atoms with van der Waals surface area (Å²) in [6.45, 7) is 2.21. The second kappa shape index (κ2) is 5.00. The van der Waals surface area contributed by atoms with Gasteiger partial charge in [-0.15, -0.1) is 0 Å². The van der Waals surface area contributed by atoms with Gasteiger partial charge >= 0.3 is 0 Å². The van der Waals surface area contributed by atoms with Crippen LogP contribution in [0.2, 0.25) is 0 Å². The molecule has 0 aliphatic heterocycles. The maximum atomic E-state index is 3.55. The second-order valence-corrected chi connectivity index (χ2v) is 4.40. The Labute approximate surface area is 86.3 Å². The summed E-state index contributed by atoms with van der Waals surface area (Å²) in [5.41, 5.74) is 1.39. The van der Waals surface area contributed by atoms with Crippen molar-refractivity contribution in [3.05, 3.63) is 20.8 Å². The number of halogens is 1. The van der Waals surface area contributed by atoms with Gasteiger partial charge in [-0.3, -0.25) is 0 Å². The van der Waals surface area contributed by atoms with Gasteiger partial charge in [-0.05, 0) is 40.3 Å². The highest BCUT2D eigenvalue weighted by molar-refractivity contribution is 9.10. The summed E-state index contributed by atoms with van der Waals surface area (Å²) in [5, 5.41) is 7.67. The van der Waals surface area contributed by atoms with Crippen LogP contribution >= 0.6 is 27.3 Å². The molecule has 1 rings (SSSR count). The van der Waals surface area contributed by atoms with Crippen LogP contribution in [0.3, 0.4) is 0 Å². The zero-order valence-electron chi connectivity index (χ0n) is 7.43. The van der Waals surface area contributed by atoms with Crippen molar-refractivity contribution in [1.82, 2.24) is 5.32 Å². The van der Waals surface area contributed by atoms with Crippen molar-refractivity contribution >= 4 is 27.3 Å². The lowest BCUT2D eigenvalue weighted by Gasteiger charge is -2.14. The van der Waals surface area contributed by atoms with Gasteiger partial charge in [-0.1, -0.05) is 13.3 Å². The van der Waals surface area contributed by atoms with E-state index in [1.165, 1.54) is 22.9 Å². The van der Waals surface area contributed by atoms with Crippen LogP contribution in [0.25, 0.3) is 0 Å². The smallest absolute Gasteiger partial charge is 0.0336 e. The van der Waals surface area contributed by atoms with Gasteiger partial charge in [0.25, 0.3) is 0 Å². The molecular formula is C9H14BrNS. The highest BCUT2D eigenvalue weighted by Gasteiger charge is 2.11. The molecule has 12 heavy (non-hydrogen) atoms. The predicted octanol–water partition coefficient (Wildman–Crippen LogP) is 3.57. The van der Waals surface area contributed by atoms with E-state index >= 15 is 0 Å². The van der Waals surface area contributed by atoms with E-state index in [0.717, 1.165) is 0 Å². The topological polar surface area (TPSA) is 12.0 Å². The van der Waals surface area contributed by atoms with Gasteiger partial charge in [0.1, 0.15) is 0 Å². The van der Waals surface area contributed by atoms with E-state index in [1.807, 2.05) is 7.05 Å². The minimum Gasteiger partial charge on any atom is -0.313 e. The molecule has 1 nitrogen and oxygen atoms in total. The Morgan fingerprint density at radius 3 is 2.75 bits per heavy atom. The third kappa shape index (κ3) is 2.31. The monoisotopic (exact) mass is 247 g/mol. The van der Waals surface area contributed by atoms with Crippen LogP contribution in [0.15, 0.2) is 15.2 Å². The van der Waals surface area contributed by atoms with E-state index in [-0.39, 0.29) is 0 Å². The van der Waals surface area contributed by atoms with Crippen LogP contribution in [0.1, 0.15) is 31.4 Å². The fraction of sp³-hybridized carbons (Fsp3) is 0.556. The van der Waals surface area contributed by atoms with Crippen molar-refractivity contribution in [2.45, 2.75) is 25.8 Å². The average molecular weight is 248 g/mol.